The van der Waals surface area contributed by atoms with Gasteiger partial charge in [-0.2, -0.15) is 56.7 Å². The van der Waals surface area contributed by atoms with Gasteiger partial charge in [-0.3, -0.25) is 4.55 Å². The van der Waals surface area contributed by atoms with Crippen LogP contribution in [0.2, 0.25) is 0 Å². The van der Waals surface area contributed by atoms with Gasteiger partial charge in [0.2, 0.25) is 0 Å². The van der Waals surface area contributed by atoms with Gasteiger partial charge in [0.1, 0.15) is 0 Å². The predicted molar refractivity (Wildman–Crippen MR) is 51.5 cm³/mol. The molecule has 0 amide bonds. The molecule has 15 heteroatoms. The van der Waals surface area contributed by atoms with E-state index in [2.05, 4.69) is 0 Å². The van der Waals surface area contributed by atoms with E-state index < -0.39 is 58.6 Å². The Bertz CT molecular complexity index is 522. The Morgan fingerprint density at radius 1 is 0.696 bits per heavy atom. The second-order valence-corrected chi connectivity index (χ2v) is 5.89. The van der Waals surface area contributed by atoms with Crippen LogP contribution in [0.4, 0.5) is 48.3 Å². The first-order chi connectivity index (χ1) is 9.71. The van der Waals surface area contributed by atoms with E-state index >= 15 is 0 Å². The van der Waals surface area contributed by atoms with Crippen molar-refractivity contribution in [2.24, 2.45) is 0 Å². The third-order valence-electron chi connectivity index (χ3n) is 2.50. The van der Waals surface area contributed by atoms with Gasteiger partial charge in [0.25, 0.3) is 10.1 Å². The molecular formula is C8H7F11O3S. The van der Waals surface area contributed by atoms with Gasteiger partial charge >= 0.3 is 29.9 Å². The van der Waals surface area contributed by atoms with Crippen molar-refractivity contribution in [1.29, 1.82) is 0 Å². The van der Waals surface area contributed by atoms with E-state index in [9.17, 15) is 56.7 Å². The summed E-state index contributed by atoms with van der Waals surface area (Å²) < 4.78 is 166. The Morgan fingerprint density at radius 3 is 1.39 bits per heavy atom. The molecule has 0 heterocycles. The lowest BCUT2D eigenvalue weighted by Crippen LogP contribution is -2.66. The van der Waals surface area contributed by atoms with Crippen LogP contribution in [0.3, 0.4) is 0 Å². The Hall–Kier alpha value is -0.860. The molecule has 0 atom stereocenters. The molecule has 0 spiro atoms. The number of hydrogen-bond acceptors (Lipinski definition) is 2. The quantitative estimate of drug-likeness (QED) is 0.530. The van der Waals surface area contributed by atoms with Crippen LogP contribution in [0.5, 0.6) is 0 Å². The van der Waals surface area contributed by atoms with Crippen LogP contribution in [0.1, 0.15) is 12.8 Å². The predicted octanol–water partition coefficient (Wildman–Crippen LogP) is 3.76. The van der Waals surface area contributed by atoms with E-state index in [1.807, 2.05) is 0 Å². The topological polar surface area (TPSA) is 54.4 Å². The normalized spacial score (nSPS) is 15.8. The lowest BCUT2D eigenvalue weighted by Gasteiger charge is -2.37. The molecule has 0 radical (unpaired) electrons. The summed E-state index contributed by atoms with van der Waals surface area (Å²) in [5.74, 6) is -29.9. The number of alkyl halides is 11. The minimum absolute atomic E-state index is 1.60. The van der Waals surface area contributed by atoms with E-state index in [1.54, 1.807) is 0 Å². The number of hydrogen-bond donors (Lipinski definition) is 1. The molecule has 0 aliphatic heterocycles. The van der Waals surface area contributed by atoms with Crippen molar-refractivity contribution in [3.63, 3.8) is 0 Å². The van der Waals surface area contributed by atoms with Crippen molar-refractivity contribution >= 4 is 10.1 Å². The Labute approximate surface area is 121 Å². The fourth-order valence-corrected chi connectivity index (χ4v) is 1.75. The second-order valence-electron chi connectivity index (χ2n) is 4.31. The monoisotopic (exact) mass is 392 g/mol. The molecule has 140 valence electrons. The van der Waals surface area contributed by atoms with E-state index in [4.69, 9.17) is 4.55 Å². The molecule has 0 saturated carbocycles. The molecule has 0 bridgehead atoms. The Kier molecular flexibility index (Phi) is 5.67. The first-order valence-corrected chi connectivity index (χ1v) is 6.85. The first-order valence-electron chi connectivity index (χ1n) is 5.24. The summed E-state index contributed by atoms with van der Waals surface area (Å²) in [7, 11) is -4.97. The standard InChI is InChI=1S/C8H7F11O3S/c9-4(10,2-1-3-23(20,21)22)5(11,12)6(13,14)7(15,16)8(17,18)19/h1-3H2,(H,20,21,22). The van der Waals surface area contributed by atoms with Crippen LogP contribution in [0.15, 0.2) is 0 Å². The zero-order valence-electron chi connectivity index (χ0n) is 10.5. The van der Waals surface area contributed by atoms with E-state index in [0.29, 0.717) is 0 Å². The first kappa shape index (κ1) is 22.1. The molecule has 0 aliphatic carbocycles. The molecule has 0 aromatic rings. The van der Waals surface area contributed by atoms with Gasteiger partial charge in [0.05, 0.1) is 5.75 Å². The zero-order valence-corrected chi connectivity index (χ0v) is 11.3. The maximum atomic E-state index is 13.0. The van der Waals surface area contributed by atoms with Crippen LogP contribution in [-0.4, -0.2) is 48.6 Å². The van der Waals surface area contributed by atoms with Gasteiger partial charge in [-0.25, -0.2) is 0 Å². The summed E-state index contributed by atoms with van der Waals surface area (Å²) in [6, 6.07) is 0. The number of rotatable bonds is 7. The number of halogens is 11. The molecule has 0 unspecified atom stereocenters. The average molecular weight is 392 g/mol. The molecule has 0 fully saturated rings. The SMILES string of the molecule is O=S(=O)(O)CCCC(F)(F)C(F)(F)C(F)(F)C(F)(F)C(F)(F)F. The lowest BCUT2D eigenvalue weighted by molar-refractivity contribution is -0.422. The molecule has 0 aromatic carbocycles. The molecular weight excluding hydrogens is 385 g/mol. The second kappa shape index (κ2) is 5.89. The average Bonchev–Trinajstić information content (AvgIpc) is 2.24. The third-order valence-corrected chi connectivity index (χ3v) is 3.30. The van der Waals surface area contributed by atoms with Gasteiger partial charge in [-0.15, -0.1) is 0 Å². The van der Waals surface area contributed by atoms with Crippen molar-refractivity contribution < 1.29 is 61.3 Å². The summed E-state index contributed by atoms with van der Waals surface area (Å²) in [6.07, 6.45) is -11.3. The van der Waals surface area contributed by atoms with Crippen molar-refractivity contribution in [3.8, 4) is 0 Å². The van der Waals surface area contributed by atoms with Gasteiger partial charge in [-0.1, -0.05) is 0 Å². The van der Waals surface area contributed by atoms with E-state index in [0.717, 1.165) is 0 Å². The van der Waals surface area contributed by atoms with Gasteiger partial charge in [-0.05, 0) is 6.42 Å². The molecule has 3 nitrogen and oxygen atoms in total. The molecule has 1 N–H and O–H groups in total. The summed E-state index contributed by atoms with van der Waals surface area (Å²) in [6.45, 7) is 0. The van der Waals surface area contributed by atoms with Crippen LogP contribution >= 0.6 is 0 Å². The summed E-state index contributed by atoms with van der Waals surface area (Å²) in [5.41, 5.74) is 0. The minimum atomic E-state index is -7.51. The Morgan fingerprint density at radius 2 is 1.09 bits per heavy atom. The summed E-state index contributed by atoms with van der Waals surface area (Å²) >= 11 is 0. The van der Waals surface area contributed by atoms with E-state index in [-0.39, 0.29) is 0 Å². The maximum Gasteiger partial charge on any atom is 0.460 e. The smallest absolute Gasteiger partial charge is 0.286 e. The van der Waals surface area contributed by atoms with Gasteiger partial charge in [0.15, 0.2) is 0 Å². The van der Waals surface area contributed by atoms with Gasteiger partial charge < -0.3 is 0 Å². The molecule has 0 aromatic heterocycles. The highest BCUT2D eigenvalue weighted by molar-refractivity contribution is 7.85. The largest absolute Gasteiger partial charge is 0.460 e. The van der Waals surface area contributed by atoms with E-state index in [1.165, 1.54) is 0 Å². The van der Waals surface area contributed by atoms with Crippen molar-refractivity contribution in [2.75, 3.05) is 5.75 Å². The van der Waals surface area contributed by atoms with Crippen molar-refractivity contribution in [2.45, 2.75) is 42.7 Å². The minimum Gasteiger partial charge on any atom is -0.286 e. The van der Waals surface area contributed by atoms with Crippen molar-refractivity contribution in [3.05, 3.63) is 0 Å². The highest BCUT2D eigenvalue weighted by atomic mass is 32.2. The summed E-state index contributed by atoms with van der Waals surface area (Å²) in [5, 5.41) is 0. The van der Waals surface area contributed by atoms with Crippen LogP contribution < -0.4 is 0 Å². The Balaban J connectivity index is 5.58. The molecule has 0 rings (SSSR count). The highest BCUT2D eigenvalue weighted by Crippen LogP contribution is 2.58. The zero-order chi connectivity index (χ0) is 19.1. The molecule has 0 saturated heterocycles. The third kappa shape index (κ3) is 4.16. The van der Waals surface area contributed by atoms with Crippen molar-refractivity contribution in [1.82, 2.24) is 0 Å². The molecule has 0 aliphatic rings. The fraction of sp³-hybridized carbons (Fsp3) is 1.00. The van der Waals surface area contributed by atoms with Crippen LogP contribution in [0.25, 0.3) is 0 Å². The highest BCUT2D eigenvalue weighted by Gasteiger charge is 2.86. The van der Waals surface area contributed by atoms with Gasteiger partial charge in [0, 0.05) is 6.42 Å². The summed E-state index contributed by atoms with van der Waals surface area (Å²) in [4.78, 5) is 0. The molecule has 23 heavy (non-hydrogen) atoms. The lowest BCUT2D eigenvalue weighted by atomic mass is 9.95. The van der Waals surface area contributed by atoms with Crippen LogP contribution in [0, 0.1) is 0 Å². The maximum absolute atomic E-state index is 13.0. The fourth-order valence-electron chi connectivity index (χ4n) is 1.24. The van der Waals surface area contributed by atoms with Crippen LogP contribution in [-0.2, 0) is 10.1 Å².